The standard InChI is InChI=1S/C15H29NO/c1-14(2,3)12-5-4-8-15(16,9-6-12)13-7-10-17-11-13/h12-13H,4-11,16H2,1-3H3. The molecule has 2 aliphatic rings. The second kappa shape index (κ2) is 4.89. The molecule has 1 aliphatic heterocycles. The Kier molecular flexibility index (Phi) is 3.84. The summed E-state index contributed by atoms with van der Waals surface area (Å²) in [5.41, 5.74) is 7.20. The zero-order valence-electron chi connectivity index (χ0n) is 11.8. The van der Waals surface area contributed by atoms with Gasteiger partial charge < -0.3 is 10.5 Å². The molecule has 17 heavy (non-hydrogen) atoms. The average Bonchev–Trinajstić information content (AvgIpc) is 2.68. The molecule has 1 saturated carbocycles. The van der Waals surface area contributed by atoms with Gasteiger partial charge in [0.15, 0.2) is 0 Å². The first-order valence-corrected chi connectivity index (χ1v) is 7.28. The van der Waals surface area contributed by atoms with Crippen molar-refractivity contribution in [1.82, 2.24) is 0 Å². The monoisotopic (exact) mass is 239 g/mol. The van der Waals surface area contributed by atoms with Gasteiger partial charge in [-0.2, -0.15) is 0 Å². The van der Waals surface area contributed by atoms with E-state index in [1.165, 1.54) is 38.5 Å². The van der Waals surface area contributed by atoms with E-state index >= 15 is 0 Å². The fourth-order valence-corrected chi connectivity index (χ4v) is 3.65. The third kappa shape index (κ3) is 3.03. The van der Waals surface area contributed by atoms with Gasteiger partial charge in [-0.1, -0.05) is 27.2 Å². The summed E-state index contributed by atoms with van der Waals surface area (Å²) in [6.45, 7) is 8.95. The summed E-state index contributed by atoms with van der Waals surface area (Å²) < 4.78 is 5.53. The minimum atomic E-state index is 0.0660. The molecule has 0 aromatic heterocycles. The lowest BCUT2D eigenvalue weighted by atomic mass is 9.74. The summed E-state index contributed by atoms with van der Waals surface area (Å²) >= 11 is 0. The quantitative estimate of drug-likeness (QED) is 0.712. The fraction of sp³-hybridized carbons (Fsp3) is 1.00. The van der Waals surface area contributed by atoms with Crippen molar-refractivity contribution in [2.45, 2.75) is 64.8 Å². The van der Waals surface area contributed by atoms with Crippen LogP contribution >= 0.6 is 0 Å². The fourth-order valence-electron chi connectivity index (χ4n) is 3.65. The Morgan fingerprint density at radius 1 is 1.12 bits per heavy atom. The number of ether oxygens (including phenoxy) is 1. The van der Waals surface area contributed by atoms with Gasteiger partial charge in [0.25, 0.3) is 0 Å². The van der Waals surface area contributed by atoms with Crippen LogP contribution in [0.2, 0.25) is 0 Å². The van der Waals surface area contributed by atoms with Gasteiger partial charge in [-0.05, 0) is 43.4 Å². The summed E-state index contributed by atoms with van der Waals surface area (Å²) in [6, 6.07) is 0. The van der Waals surface area contributed by atoms with E-state index in [0.717, 1.165) is 19.1 Å². The normalized spacial score (nSPS) is 40.2. The third-order valence-corrected chi connectivity index (χ3v) is 5.12. The maximum absolute atomic E-state index is 6.69. The van der Waals surface area contributed by atoms with Crippen LogP contribution < -0.4 is 5.73 Å². The van der Waals surface area contributed by atoms with Crippen LogP contribution in [0.1, 0.15) is 59.3 Å². The number of hydrogen-bond acceptors (Lipinski definition) is 2. The molecule has 2 heteroatoms. The predicted molar refractivity (Wildman–Crippen MR) is 71.9 cm³/mol. The van der Waals surface area contributed by atoms with Crippen LogP contribution in [0.15, 0.2) is 0 Å². The predicted octanol–water partition coefficient (Wildman–Crippen LogP) is 3.35. The molecule has 0 amide bonds. The van der Waals surface area contributed by atoms with Crippen LogP contribution in [0.5, 0.6) is 0 Å². The highest BCUT2D eigenvalue weighted by Gasteiger charge is 2.40. The Morgan fingerprint density at radius 2 is 1.88 bits per heavy atom. The second-order valence-electron chi connectivity index (χ2n) is 7.29. The summed E-state index contributed by atoms with van der Waals surface area (Å²) in [7, 11) is 0. The van der Waals surface area contributed by atoms with Gasteiger partial charge in [0, 0.05) is 18.1 Å². The minimum Gasteiger partial charge on any atom is -0.381 e. The SMILES string of the molecule is CC(C)(C)C1CCCC(N)(C2CCOC2)CC1. The molecule has 100 valence electrons. The van der Waals surface area contributed by atoms with E-state index in [0.29, 0.717) is 11.3 Å². The first-order chi connectivity index (χ1) is 7.92. The molecule has 1 heterocycles. The average molecular weight is 239 g/mol. The van der Waals surface area contributed by atoms with Crippen LogP contribution in [0.25, 0.3) is 0 Å². The van der Waals surface area contributed by atoms with Crippen molar-refractivity contribution in [3.63, 3.8) is 0 Å². The molecular weight excluding hydrogens is 210 g/mol. The molecular formula is C15H29NO. The maximum atomic E-state index is 6.69. The summed E-state index contributed by atoms with van der Waals surface area (Å²) in [5, 5.41) is 0. The molecule has 3 atom stereocenters. The topological polar surface area (TPSA) is 35.2 Å². The van der Waals surface area contributed by atoms with E-state index in [2.05, 4.69) is 20.8 Å². The van der Waals surface area contributed by atoms with Gasteiger partial charge >= 0.3 is 0 Å². The molecule has 1 aliphatic carbocycles. The Bertz CT molecular complexity index is 252. The Labute approximate surface area is 106 Å². The molecule has 0 radical (unpaired) electrons. The van der Waals surface area contributed by atoms with E-state index < -0.39 is 0 Å². The van der Waals surface area contributed by atoms with E-state index in [-0.39, 0.29) is 5.54 Å². The zero-order chi connectivity index (χ0) is 12.5. The van der Waals surface area contributed by atoms with Crippen molar-refractivity contribution in [2.75, 3.05) is 13.2 Å². The van der Waals surface area contributed by atoms with Gasteiger partial charge in [0.1, 0.15) is 0 Å². The molecule has 2 nitrogen and oxygen atoms in total. The van der Waals surface area contributed by atoms with Crippen molar-refractivity contribution in [1.29, 1.82) is 0 Å². The van der Waals surface area contributed by atoms with Crippen LogP contribution in [0.3, 0.4) is 0 Å². The third-order valence-electron chi connectivity index (χ3n) is 5.12. The Hall–Kier alpha value is -0.0800. The van der Waals surface area contributed by atoms with Gasteiger partial charge in [0.05, 0.1) is 6.61 Å². The highest BCUT2D eigenvalue weighted by molar-refractivity contribution is 4.96. The lowest BCUT2D eigenvalue weighted by Crippen LogP contribution is -2.47. The molecule has 0 aromatic carbocycles. The van der Waals surface area contributed by atoms with Crippen LogP contribution in [0, 0.1) is 17.3 Å². The van der Waals surface area contributed by atoms with Crippen molar-refractivity contribution < 1.29 is 4.74 Å². The number of hydrogen-bond donors (Lipinski definition) is 1. The molecule has 3 unspecified atom stereocenters. The van der Waals surface area contributed by atoms with Gasteiger partial charge in [0.2, 0.25) is 0 Å². The highest BCUT2D eigenvalue weighted by atomic mass is 16.5. The van der Waals surface area contributed by atoms with Crippen molar-refractivity contribution in [2.24, 2.45) is 23.0 Å². The van der Waals surface area contributed by atoms with Crippen molar-refractivity contribution in [3.05, 3.63) is 0 Å². The Morgan fingerprint density at radius 3 is 2.47 bits per heavy atom. The second-order valence-corrected chi connectivity index (χ2v) is 7.29. The maximum Gasteiger partial charge on any atom is 0.0512 e. The summed E-state index contributed by atoms with van der Waals surface area (Å²) in [6.07, 6.45) is 7.54. The van der Waals surface area contributed by atoms with Gasteiger partial charge in [-0.25, -0.2) is 0 Å². The lowest BCUT2D eigenvalue weighted by Gasteiger charge is -2.35. The number of nitrogens with two attached hydrogens (primary N) is 1. The van der Waals surface area contributed by atoms with Crippen molar-refractivity contribution in [3.8, 4) is 0 Å². The van der Waals surface area contributed by atoms with Crippen LogP contribution in [-0.2, 0) is 4.74 Å². The Balaban J connectivity index is 1.99. The molecule has 2 fully saturated rings. The largest absolute Gasteiger partial charge is 0.381 e. The van der Waals surface area contributed by atoms with Crippen molar-refractivity contribution >= 4 is 0 Å². The molecule has 0 aromatic rings. The first-order valence-electron chi connectivity index (χ1n) is 7.28. The van der Waals surface area contributed by atoms with E-state index in [4.69, 9.17) is 10.5 Å². The minimum absolute atomic E-state index is 0.0660. The van der Waals surface area contributed by atoms with E-state index in [1.807, 2.05) is 0 Å². The molecule has 2 rings (SSSR count). The lowest BCUT2D eigenvalue weighted by molar-refractivity contribution is 0.151. The summed E-state index contributed by atoms with van der Waals surface area (Å²) in [5.74, 6) is 1.46. The summed E-state index contributed by atoms with van der Waals surface area (Å²) in [4.78, 5) is 0. The van der Waals surface area contributed by atoms with E-state index in [9.17, 15) is 0 Å². The smallest absolute Gasteiger partial charge is 0.0512 e. The zero-order valence-corrected chi connectivity index (χ0v) is 11.8. The van der Waals surface area contributed by atoms with Gasteiger partial charge in [-0.3, -0.25) is 0 Å². The van der Waals surface area contributed by atoms with Crippen LogP contribution in [-0.4, -0.2) is 18.8 Å². The highest BCUT2D eigenvalue weighted by Crippen LogP contribution is 2.42. The molecule has 1 saturated heterocycles. The van der Waals surface area contributed by atoms with Crippen LogP contribution in [0.4, 0.5) is 0 Å². The van der Waals surface area contributed by atoms with E-state index in [1.54, 1.807) is 0 Å². The molecule has 0 spiro atoms. The first kappa shape index (κ1) is 13.4. The molecule has 2 N–H and O–H groups in total. The molecule has 0 bridgehead atoms. The number of rotatable bonds is 1. The van der Waals surface area contributed by atoms with Gasteiger partial charge in [-0.15, -0.1) is 0 Å².